The van der Waals surface area contributed by atoms with Gasteiger partial charge in [-0.3, -0.25) is 9.36 Å². The van der Waals surface area contributed by atoms with Gasteiger partial charge in [0.05, 0.1) is 38.9 Å². The van der Waals surface area contributed by atoms with E-state index in [1.165, 1.54) is 25.0 Å². The fourth-order valence-electron chi connectivity index (χ4n) is 4.59. The molecule has 10 nitrogen and oxygen atoms in total. The molecule has 0 amide bonds. The molecule has 2 aromatic heterocycles. The first-order valence-corrected chi connectivity index (χ1v) is 12.2. The molecular weight excluding hydrogens is 538 g/mol. The van der Waals surface area contributed by atoms with Crippen LogP contribution in [0.3, 0.4) is 0 Å². The first-order chi connectivity index (χ1) is 18.8. The molecule has 0 fully saturated rings. The molecule has 0 spiro atoms. The number of nitrogens with zero attached hydrogens (tertiary/aromatic N) is 4. The maximum atomic E-state index is 14.1. The predicted octanol–water partition coefficient (Wildman–Crippen LogP) is 5.28. The fraction of sp³-hybridized carbons (Fsp3) is 0.308. The zero-order valence-electron chi connectivity index (χ0n) is 20.8. The molecule has 5 rings (SSSR count). The molecule has 39 heavy (non-hydrogen) atoms. The molecule has 13 heteroatoms. The van der Waals surface area contributed by atoms with E-state index in [0.29, 0.717) is 39.1 Å². The predicted molar refractivity (Wildman–Crippen MR) is 133 cm³/mol. The Morgan fingerprint density at radius 2 is 2.00 bits per heavy atom. The van der Waals surface area contributed by atoms with Gasteiger partial charge in [-0.05, 0) is 24.3 Å². The third-order valence-corrected chi connectivity index (χ3v) is 6.51. The van der Waals surface area contributed by atoms with E-state index in [4.69, 9.17) is 35.3 Å². The lowest BCUT2D eigenvalue weighted by Gasteiger charge is -2.24. The number of benzene rings is 2. The van der Waals surface area contributed by atoms with Crippen molar-refractivity contribution in [2.75, 3.05) is 14.2 Å². The summed E-state index contributed by atoms with van der Waals surface area (Å²) in [7, 11) is 2.99. The molecule has 204 valence electrons. The minimum atomic E-state index is -2.93. The molecule has 0 aliphatic carbocycles. The number of carboxylic acid groups (broad SMARTS) is 1. The molecular formula is C26H23ClF2N4O6. The summed E-state index contributed by atoms with van der Waals surface area (Å²) in [6, 6.07) is 10.1. The van der Waals surface area contributed by atoms with Crippen molar-refractivity contribution < 1.29 is 37.3 Å². The molecule has 2 atom stereocenters. The smallest absolute Gasteiger partial charge is 0.303 e. The van der Waals surface area contributed by atoms with E-state index in [1.807, 2.05) is 0 Å². The van der Waals surface area contributed by atoms with Gasteiger partial charge >= 0.3 is 5.97 Å². The van der Waals surface area contributed by atoms with Crippen molar-refractivity contribution in [2.24, 2.45) is 0 Å². The number of rotatable bonds is 9. The molecule has 0 radical (unpaired) electrons. The molecule has 1 aliphatic heterocycles. The SMILES string of the molecule is COc1cccc([C@H]2O[C@H](Cc3ncc(CCC(=O)O)o3)c3nnc(C(F)F)n3-c3ccc(Cl)cc32)c1OC. The van der Waals surface area contributed by atoms with Crippen LogP contribution in [0.5, 0.6) is 11.5 Å². The summed E-state index contributed by atoms with van der Waals surface area (Å²) in [4.78, 5) is 15.2. The van der Waals surface area contributed by atoms with Gasteiger partial charge < -0.3 is 23.7 Å². The average Bonchev–Trinajstić information content (AvgIpc) is 3.54. The van der Waals surface area contributed by atoms with Crippen LogP contribution in [-0.4, -0.2) is 45.0 Å². The van der Waals surface area contributed by atoms with Gasteiger partial charge in [0.25, 0.3) is 6.43 Å². The zero-order chi connectivity index (χ0) is 27.7. The quantitative estimate of drug-likeness (QED) is 0.291. The number of hydrogen-bond acceptors (Lipinski definition) is 8. The van der Waals surface area contributed by atoms with E-state index >= 15 is 0 Å². The summed E-state index contributed by atoms with van der Waals surface area (Å²) in [5, 5.41) is 17.2. The second-order valence-electron chi connectivity index (χ2n) is 8.66. The third-order valence-electron chi connectivity index (χ3n) is 6.27. The summed E-state index contributed by atoms with van der Waals surface area (Å²) in [6.45, 7) is 0. The Morgan fingerprint density at radius 1 is 1.18 bits per heavy atom. The number of aliphatic carboxylic acids is 1. The van der Waals surface area contributed by atoms with Crippen molar-refractivity contribution in [3.63, 3.8) is 0 Å². The Kier molecular flexibility index (Phi) is 7.49. The molecule has 2 aromatic carbocycles. The van der Waals surface area contributed by atoms with Gasteiger partial charge in [0.2, 0.25) is 5.82 Å². The van der Waals surface area contributed by atoms with E-state index in [1.54, 1.807) is 36.4 Å². The molecule has 1 aliphatic rings. The van der Waals surface area contributed by atoms with Crippen LogP contribution in [0.4, 0.5) is 8.78 Å². The Bertz CT molecular complexity index is 1510. The lowest BCUT2D eigenvalue weighted by molar-refractivity contribution is -0.137. The first kappa shape index (κ1) is 26.6. The molecule has 0 saturated heterocycles. The van der Waals surface area contributed by atoms with E-state index in [-0.39, 0.29) is 31.0 Å². The maximum absolute atomic E-state index is 14.1. The van der Waals surface area contributed by atoms with E-state index in [0.717, 1.165) is 0 Å². The number of methoxy groups -OCH3 is 2. The van der Waals surface area contributed by atoms with Gasteiger partial charge in [-0.2, -0.15) is 0 Å². The van der Waals surface area contributed by atoms with Crippen molar-refractivity contribution in [3.8, 4) is 17.2 Å². The summed E-state index contributed by atoms with van der Waals surface area (Å²) in [6.07, 6.45) is -3.30. The Hall–Kier alpha value is -4.03. The highest BCUT2D eigenvalue weighted by Gasteiger charge is 2.37. The van der Waals surface area contributed by atoms with Crippen LogP contribution >= 0.6 is 11.6 Å². The van der Waals surface area contributed by atoms with Crippen molar-refractivity contribution in [1.82, 2.24) is 19.7 Å². The van der Waals surface area contributed by atoms with Crippen LogP contribution in [0.2, 0.25) is 5.02 Å². The highest BCUT2D eigenvalue weighted by molar-refractivity contribution is 6.30. The van der Waals surface area contributed by atoms with E-state index in [9.17, 15) is 13.6 Å². The lowest BCUT2D eigenvalue weighted by atomic mass is 9.98. The minimum Gasteiger partial charge on any atom is -0.493 e. The summed E-state index contributed by atoms with van der Waals surface area (Å²) in [5.41, 5.74) is 1.41. The zero-order valence-corrected chi connectivity index (χ0v) is 21.6. The Morgan fingerprint density at radius 3 is 2.72 bits per heavy atom. The van der Waals surface area contributed by atoms with Gasteiger partial charge in [0.1, 0.15) is 18.0 Å². The van der Waals surface area contributed by atoms with E-state index < -0.39 is 30.4 Å². The largest absolute Gasteiger partial charge is 0.493 e. The van der Waals surface area contributed by atoms with Gasteiger partial charge in [-0.25, -0.2) is 13.8 Å². The highest BCUT2D eigenvalue weighted by atomic mass is 35.5. The van der Waals surface area contributed by atoms with Crippen LogP contribution in [0.1, 0.15) is 59.5 Å². The Labute approximate surface area is 226 Å². The second-order valence-corrected chi connectivity index (χ2v) is 9.10. The topological polar surface area (TPSA) is 122 Å². The number of oxazole rings is 1. The number of aryl methyl sites for hydroxylation is 1. The molecule has 0 unspecified atom stereocenters. The number of alkyl halides is 2. The number of halogens is 3. The monoisotopic (exact) mass is 560 g/mol. The number of carbonyl (C=O) groups is 1. The van der Waals surface area contributed by atoms with Gasteiger partial charge in [-0.15, -0.1) is 10.2 Å². The standard InChI is InChI=1S/C26H23ClF2N4O6/c1-36-18-5-3-4-15(23(18)37-2)22-16-10-13(27)6-8-17(16)33-25(31-32-26(33)24(28)29)19(39-22)11-20-30-12-14(38-20)7-9-21(34)35/h3-6,8,10,12,19,22,24H,7,9,11H2,1-2H3,(H,34,35)/t19-,22-/m1/s1. The van der Waals surface area contributed by atoms with E-state index in [2.05, 4.69) is 15.2 Å². The van der Waals surface area contributed by atoms with Crippen LogP contribution in [0.15, 0.2) is 47.0 Å². The van der Waals surface area contributed by atoms with Crippen LogP contribution in [0.25, 0.3) is 5.69 Å². The normalized spacial score (nSPS) is 16.5. The van der Waals surface area contributed by atoms with Crippen molar-refractivity contribution >= 4 is 17.6 Å². The maximum Gasteiger partial charge on any atom is 0.303 e. The van der Waals surface area contributed by atoms with Crippen molar-refractivity contribution in [3.05, 3.63) is 82.0 Å². The summed E-state index contributed by atoms with van der Waals surface area (Å²) >= 11 is 6.37. The van der Waals surface area contributed by atoms with Crippen molar-refractivity contribution in [2.45, 2.75) is 37.9 Å². The van der Waals surface area contributed by atoms with Crippen LogP contribution in [0, 0.1) is 0 Å². The number of aromatic nitrogens is 4. The van der Waals surface area contributed by atoms with Gasteiger partial charge in [0, 0.05) is 22.6 Å². The molecule has 0 saturated carbocycles. The highest BCUT2D eigenvalue weighted by Crippen LogP contribution is 2.46. The summed E-state index contributed by atoms with van der Waals surface area (Å²) in [5.74, 6) is 0.0170. The Balaban J connectivity index is 1.66. The van der Waals surface area contributed by atoms with Gasteiger partial charge in [0.15, 0.2) is 23.2 Å². The second kappa shape index (κ2) is 11.0. The third kappa shape index (κ3) is 5.17. The number of carboxylic acids is 1. The first-order valence-electron chi connectivity index (χ1n) is 11.9. The molecule has 4 aromatic rings. The average molecular weight is 561 g/mol. The number of ether oxygens (including phenoxy) is 3. The molecule has 0 bridgehead atoms. The lowest BCUT2D eigenvalue weighted by Crippen LogP contribution is -2.15. The van der Waals surface area contributed by atoms with Crippen LogP contribution < -0.4 is 9.47 Å². The summed E-state index contributed by atoms with van der Waals surface area (Å²) < 4.78 is 53.0. The van der Waals surface area contributed by atoms with Crippen LogP contribution in [-0.2, 0) is 22.4 Å². The molecule has 1 N–H and O–H groups in total. The number of fused-ring (bicyclic) bond motifs is 3. The number of hydrogen-bond donors (Lipinski definition) is 1. The minimum absolute atomic E-state index is 0.00104. The van der Waals surface area contributed by atoms with Gasteiger partial charge in [-0.1, -0.05) is 23.7 Å². The van der Waals surface area contributed by atoms with Crippen molar-refractivity contribution in [1.29, 1.82) is 0 Å². The molecule has 3 heterocycles. The fourth-order valence-corrected chi connectivity index (χ4v) is 4.77. The number of para-hydroxylation sites is 1.